The Morgan fingerprint density at radius 1 is 1.00 bits per heavy atom. The van der Waals surface area contributed by atoms with Crippen molar-refractivity contribution in [3.63, 3.8) is 0 Å². The van der Waals surface area contributed by atoms with Crippen molar-refractivity contribution in [2.24, 2.45) is 11.8 Å². The minimum Gasteiger partial charge on any atom is -0.362 e. The highest BCUT2D eigenvalue weighted by Crippen LogP contribution is 2.30. The Hall–Kier alpha value is -2.42. The molecule has 1 fully saturated rings. The highest BCUT2D eigenvalue weighted by molar-refractivity contribution is 7.89. The predicted octanol–water partition coefficient (Wildman–Crippen LogP) is 4.85. The summed E-state index contributed by atoms with van der Waals surface area (Å²) in [4.78, 5) is 11.6. The fourth-order valence-electron chi connectivity index (χ4n) is 4.41. The molecule has 2 N–H and O–H groups in total. The third kappa shape index (κ3) is 5.79. The van der Waals surface area contributed by atoms with Gasteiger partial charge < -0.3 is 10.2 Å². The average molecular weight is 502 g/mol. The molecule has 1 heterocycles. The van der Waals surface area contributed by atoms with Gasteiger partial charge in [0.1, 0.15) is 5.82 Å². The Labute approximate surface area is 207 Å². The SMILES string of the molecule is Cc1ccc(S(=O)(=O)NCC2CCC(CNc3nc(N(C)C)c4ccccc4n3)CC2)cc1Cl. The highest BCUT2D eigenvalue weighted by atomic mass is 35.5. The standard InChI is InChI=1S/C25H32ClN5O2S/c1-17-8-13-20(14-22(17)26)34(32,33)28-16-19-11-9-18(10-12-19)15-27-25-29-23-7-5-4-6-21(23)24(30-25)31(2)3/h4-8,13-14,18-19,28H,9-12,15-16H2,1-3H3,(H,27,29,30). The summed E-state index contributed by atoms with van der Waals surface area (Å²) in [6.45, 7) is 3.12. The van der Waals surface area contributed by atoms with Gasteiger partial charge in [-0.15, -0.1) is 0 Å². The number of nitrogens with zero attached hydrogens (tertiary/aromatic N) is 3. The molecule has 7 nitrogen and oxygen atoms in total. The molecule has 2 aromatic carbocycles. The van der Waals surface area contributed by atoms with Crippen molar-refractivity contribution in [2.45, 2.75) is 37.5 Å². The molecule has 0 spiro atoms. The Kier molecular flexibility index (Phi) is 7.60. The van der Waals surface area contributed by atoms with Gasteiger partial charge in [0.05, 0.1) is 10.4 Å². The van der Waals surface area contributed by atoms with Crippen LogP contribution in [0.4, 0.5) is 11.8 Å². The van der Waals surface area contributed by atoms with E-state index in [9.17, 15) is 8.42 Å². The van der Waals surface area contributed by atoms with Crippen LogP contribution in [0.5, 0.6) is 0 Å². The molecule has 0 amide bonds. The lowest BCUT2D eigenvalue weighted by Crippen LogP contribution is -2.32. The average Bonchev–Trinajstić information content (AvgIpc) is 2.83. The van der Waals surface area contributed by atoms with Crippen LogP contribution in [-0.4, -0.2) is 45.6 Å². The summed E-state index contributed by atoms with van der Waals surface area (Å²) in [5, 5.41) is 4.93. The van der Waals surface area contributed by atoms with Crippen LogP contribution in [-0.2, 0) is 10.0 Å². The maximum atomic E-state index is 12.6. The first-order chi connectivity index (χ1) is 16.2. The number of para-hydroxylation sites is 1. The number of rotatable bonds is 8. The van der Waals surface area contributed by atoms with Crippen LogP contribution in [0.2, 0.25) is 5.02 Å². The Balaban J connectivity index is 1.29. The van der Waals surface area contributed by atoms with Crippen molar-refractivity contribution in [1.29, 1.82) is 0 Å². The smallest absolute Gasteiger partial charge is 0.240 e. The van der Waals surface area contributed by atoms with Crippen LogP contribution in [0, 0.1) is 18.8 Å². The van der Waals surface area contributed by atoms with Gasteiger partial charge in [-0.2, -0.15) is 4.98 Å². The molecule has 0 aliphatic heterocycles. The molecular formula is C25H32ClN5O2S. The van der Waals surface area contributed by atoms with Crippen LogP contribution < -0.4 is 14.9 Å². The minimum atomic E-state index is -3.56. The van der Waals surface area contributed by atoms with Gasteiger partial charge in [-0.25, -0.2) is 18.1 Å². The van der Waals surface area contributed by atoms with E-state index >= 15 is 0 Å². The first-order valence-electron chi connectivity index (χ1n) is 11.7. The lowest BCUT2D eigenvalue weighted by molar-refractivity contribution is 0.284. The molecule has 34 heavy (non-hydrogen) atoms. The van der Waals surface area contributed by atoms with Gasteiger partial charge in [-0.1, -0.05) is 29.8 Å². The molecule has 0 bridgehead atoms. The largest absolute Gasteiger partial charge is 0.362 e. The molecule has 182 valence electrons. The molecule has 0 atom stereocenters. The summed E-state index contributed by atoms with van der Waals surface area (Å²) < 4.78 is 28.0. The number of aryl methyl sites for hydroxylation is 1. The number of aromatic nitrogens is 2. The van der Waals surface area contributed by atoms with Gasteiger partial charge in [-0.05, 0) is 74.3 Å². The topological polar surface area (TPSA) is 87.2 Å². The second-order valence-electron chi connectivity index (χ2n) is 9.31. The monoisotopic (exact) mass is 501 g/mol. The third-order valence-corrected chi connectivity index (χ3v) is 8.37. The number of nitrogens with one attached hydrogen (secondary N) is 2. The van der Waals surface area contributed by atoms with Gasteiger partial charge in [-0.3, -0.25) is 0 Å². The zero-order chi connectivity index (χ0) is 24.3. The summed E-state index contributed by atoms with van der Waals surface area (Å²) in [7, 11) is 0.420. The second kappa shape index (κ2) is 10.5. The van der Waals surface area contributed by atoms with Gasteiger partial charge in [0.2, 0.25) is 16.0 Å². The van der Waals surface area contributed by atoms with E-state index in [1.54, 1.807) is 12.1 Å². The summed E-state index contributed by atoms with van der Waals surface area (Å²) in [5.41, 5.74) is 1.79. The van der Waals surface area contributed by atoms with E-state index in [1.807, 2.05) is 50.2 Å². The second-order valence-corrected chi connectivity index (χ2v) is 11.5. The van der Waals surface area contributed by atoms with Crippen LogP contribution in [0.25, 0.3) is 10.9 Å². The van der Waals surface area contributed by atoms with Gasteiger partial charge >= 0.3 is 0 Å². The molecule has 0 saturated heterocycles. The van der Waals surface area contributed by atoms with E-state index in [1.165, 1.54) is 6.07 Å². The maximum absolute atomic E-state index is 12.6. The van der Waals surface area contributed by atoms with Crippen molar-refractivity contribution < 1.29 is 8.42 Å². The van der Waals surface area contributed by atoms with Crippen LogP contribution in [0.15, 0.2) is 47.4 Å². The van der Waals surface area contributed by atoms with E-state index in [-0.39, 0.29) is 4.90 Å². The molecule has 1 aromatic heterocycles. The molecule has 9 heteroatoms. The molecule has 0 radical (unpaired) electrons. The zero-order valence-electron chi connectivity index (χ0n) is 19.9. The van der Waals surface area contributed by atoms with E-state index < -0.39 is 10.0 Å². The molecule has 1 aliphatic carbocycles. The number of sulfonamides is 1. The fourth-order valence-corrected chi connectivity index (χ4v) is 5.79. The number of hydrogen-bond donors (Lipinski definition) is 2. The van der Waals surface area contributed by atoms with E-state index in [2.05, 4.69) is 15.0 Å². The van der Waals surface area contributed by atoms with E-state index in [0.717, 1.165) is 54.5 Å². The number of hydrogen-bond acceptors (Lipinski definition) is 6. The van der Waals surface area contributed by atoms with Crippen LogP contribution in [0.3, 0.4) is 0 Å². The summed E-state index contributed by atoms with van der Waals surface area (Å²) in [5.74, 6) is 2.40. The molecule has 1 saturated carbocycles. The van der Waals surface area contributed by atoms with Crippen molar-refractivity contribution in [1.82, 2.24) is 14.7 Å². The van der Waals surface area contributed by atoms with Crippen molar-refractivity contribution in [3.8, 4) is 0 Å². The lowest BCUT2D eigenvalue weighted by atomic mass is 9.82. The Morgan fingerprint density at radius 3 is 2.35 bits per heavy atom. The molecule has 3 aromatic rings. The Bertz CT molecular complexity index is 1260. The van der Waals surface area contributed by atoms with E-state index in [4.69, 9.17) is 16.6 Å². The summed E-state index contributed by atoms with van der Waals surface area (Å²) in [6, 6.07) is 12.9. The number of benzene rings is 2. The highest BCUT2D eigenvalue weighted by Gasteiger charge is 2.24. The van der Waals surface area contributed by atoms with Crippen molar-refractivity contribution in [2.75, 3.05) is 37.4 Å². The van der Waals surface area contributed by atoms with Crippen molar-refractivity contribution in [3.05, 3.63) is 53.1 Å². The quantitative estimate of drug-likeness (QED) is 0.458. The van der Waals surface area contributed by atoms with Gasteiger partial charge in [0, 0.05) is 37.6 Å². The summed E-state index contributed by atoms with van der Waals surface area (Å²) in [6.07, 6.45) is 4.07. The zero-order valence-corrected chi connectivity index (χ0v) is 21.5. The normalized spacial score (nSPS) is 18.7. The number of anilines is 2. The first-order valence-corrected chi connectivity index (χ1v) is 13.5. The van der Waals surface area contributed by atoms with Gasteiger partial charge in [0.25, 0.3) is 0 Å². The molecule has 4 rings (SSSR count). The fraction of sp³-hybridized carbons (Fsp3) is 0.440. The van der Waals surface area contributed by atoms with Crippen LogP contribution >= 0.6 is 11.6 Å². The van der Waals surface area contributed by atoms with Crippen molar-refractivity contribution >= 4 is 44.3 Å². The van der Waals surface area contributed by atoms with Crippen LogP contribution in [0.1, 0.15) is 31.2 Å². The number of fused-ring (bicyclic) bond motifs is 1. The molecular weight excluding hydrogens is 470 g/mol. The first kappa shape index (κ1) is 24.7. The molecule has 0 unspecified atom stereocenters. The molecule has 1 aliphatic rings. The Morgan fingerprint density at radius 2 is 1.68 bits per heavy atom. The van der Waals surface area contributed by atoms with E-state index in [0.29, 0.717) is 29.4 Å². The number of halogens is 1. The maximum Gasteiger partial charge on any atom is 0.240 e. The third-order valence-electron chi connectivity index (χ3n) is 6.54. The predicted molar refractivity (Wildman–Crippen MR) is 139 cm³/mol. The summed E-state index contributed by atoms with van der Waals surface area (Å²) >= 11 is 6.10. The minimum absolute atomic E-state index is 0.216. The lowest BCUT2D eigenvalue weighted by Gasteiger charge is -2.28. The van der Waals surface area contributed by atoms with Gasteiger partial charge in [0.15, 0.2) is 0 Å².